The topological polar surface area (TPSA) is 66.9 Å². The van der Waals surface area contributed by atoms with Crippen LogP contribution < -0.4 is 10.6 Å². The van der Waals surface area contributed by atoms with E-state index in [0.717, 1.165) is 0 Å². The van der Waals surface area contributed by atoms with E-state index in [2.05, 4.69) is 27.1 Å². The van der Waals surface area contributed by atoms with E-state index in [1.54, 1.807) is 19.2 Å². The summed E-state index contributed by atoms with van der Waals surface area (Å²) < 4.78 is 0.244. The Morgan fingerprint density at radius 2 is 2.22 bits per heavy atom. The number of amides is 1. The molecule has 0 unspecified atom stereocenters. The van der Waals surface area contributed by atoms with Gasteiger partial charge >= 0.3 is 0 Å². The fourth-order valence-corrected chi connectivity index (χ4v) is 2.86. The van der Waals surface area contributed by atoms with E-state index in [4.69, 9.17) is 0 Å². The predicted molar refractivity (Wildman–Crippen MR) is 74.0 cm³/mol. The molecule has 0 spiro atoms. The van der Waals surface area contributed by atoms with E-state index in [9.17, 15) is 4.79 Å². The van der Waals surface area contributed by atoms with Gasteiger partial charge in [0.15, 0.2) is 5.69 Å². The molecule has 0 atom stereocenters. The highest BCUT2D eigenvalue weighted by molar-refractivity contribution is 8.00. The molecule has 1 amide bonds. The maximum atomic E-state index is 11.9. The SMILES string of the molecule is CNc1ccc(C(=O)NCC2(SC)CCC2)nn1. The lowest BCUT2D eigenvalue weighted by Gasteiger charge is -2.40. The number of carbonyl (C=O) groups excluding carboxylic acids is 1. The molecule has 1 fully saturated rings. The average Bonchev–Trinajstić information content (AvgIpc) is 2.38. The molecule has 0 radical (unpaired) electrons. The summed E-state index contributed by atoms with van der Waals surface area (Å²) in [5.74, 6) is 0.511. The largest absolute Gasteiger partial charge is 0.372 e. The molecule has 1 aromatic heterocycles. The lowest BCUT2D eigenvalue weighted by Crippen LogP contribution is -2.45. The first-order chi connectivity index (χ1) is 8.69. The van der Waals surface area contributed by atoms with Crippen molar-refractivity contribution in [3.05, 3.63) is 17.8 Å². The van der Waals surface area contributed by atoms with Crippen molar-refractivity contribution in [2.45, 2.75) is 24.0 Å². The minimum Gasteiger partial charge on any atom is -0.372 e. The number of aromatic nitrogens is 2. The van der Waals surface area contributed by atoms with Gasteiger partial charge in [0.05, 0.1) is 0 Å². The van der Waals surface area contributed by atoms with Crippen molar-refractivity contribution in [2.75, 3.05) is 25.2 Å². The monoisotopic (exact) mass is 266 g/mol. The summed E-state index contributed by atoms with van der Waals surface area (Å²) in [6, 6.07) is 3.43. The average molecular weight is 266 g/mol. The van der Waals surface area contributed by atoms with E-state index < -0.39 is 0 Å². The molecule has 1 aliphatic rings. The van der Waals surface area contributed by atoms with Crippen LogP contribution in [0.4, 0.5) is 5.82 Å². The van der Waals surface area contributed by atoms with Gasteiger partial charge in [-0.05, 0) is 31.2 Å². The lowest BCUT2D eigenvalue weighted by atomic mass is 9.84. The van der Waals surface area contributed by atoms with E-state index in [1.807, 2.05) is 11.8 Å². The number of nitrogens with zero attached hydrogens (tertiary/aromatic N) is 2. The summed E-state index contributed by atoms with van der Waals surface area (Å²) in [5, 5.41) is 13.6. The Balaban J connectivity index is 1.90. The molecule has 5 nitrogen and oxygen atoms in total. The molecule has 1 aliphatic carbocycles. The Labute approximate surface area is 111 Å². The molecule has 0 aliphatic heterocycles. The molecule has 1 aromatic rings. The van der Waals surface area contributed by atoms with Crippen LogP contribution in [0, 0.1) is 0 Å². The van der Waals surface area contributed by atoms with Gasteiger partial charge in [-0.2, -0.15) is 11.8 Å². The number of nitrogens with one attached hydrogen (secondary N) is 2. The zero-order valence-corrected chi connectivity index (χ0v) is 11.5. The Hall–Kier alpha value is -1.30. The highest BCUT2D eigenvalue weighted by atomic mass is 32.2. The Bertz CT molecular complexity index is 411. The highest BCUT2D eigenvalue weighted by Gasteiger charge is 2.36. The van der Waals surface area contributed by atoms with E-state index >= 15 is 0 Å². The third kappa shape index (κ3) is 2.75. The van der Waals surface area contributed by atoms with Gasteiger partial charge in [-0.15, -0.1) is 10.2 Å². The molecule has 0 saturated heterocycles. The quantitative estimate of drug-likeness (QED) is 0.846. The van der Waals surface area contributed by atoms with Crippen LogP contribution in [0.15, 0.2) is 12.1 Å². The van der Waals surface area contributed by atoms with Crippen molar-refractivity contribution >= 4 is 23.5 Å². The molecule has 6 heteroatoms. The first-order valence-corrected chi connectivity index (χ1v) is 7.26. The van der Waals surface area contributed by atoms with Crippen molar-refractivity contribution in [1.82, 2.24) is 15.5 Å². The van der Waals surface area contributed by atoms with Gasteiger partial charge in [-0.3, -0.25) is 4.79 Å². The molecular formula is C12H18N4OS. The van der Waals surface area contributed by atoms with Crippen molar-refractivity contribution in [3.8, 4) is 0 Å². The summed E-state index contributed by atoms with van der Waals surface area (Å²) in [4.78, 5) is 11.9. The summed E-state index contributed by atoms with van der Waals surface area (Å²) in [6.07, 6.45) is 5.72. The van der Waals surface area contributed by atoms with Crippen LogP contribution in [0.25, 0.3) is 0 Å². The van der Waals surface area contributed by atoms with Crippen LogP contribution >= 0.6 is 11.8 Å². The van der Waals surface area contributed by atoms with Gasteiger partial charge in [0.1, 0.15) is 5.82 Å². The normalized spacial score (nSPS) is 16.8. The minimum atomic E-state index is -0.148. The molecular weight excluding hydrogens is 248 g/mol. The van der Waals surface area contributed by atoms with Gasteiger partial charge in [0.25, 0.3) is 5.91 Å². The lowest BCUT2D eigenvalue weighted by molar-refractivity contribution is 0.0938. The summed E-state index contributed by atoms with van der Waals surface area (Å²) in [7, 11) is 1.77. The summed E-state index contributed by atoms with van der Waals surface area (Å²) in [6.45, 7) is 0.711. The predicted octanol–water partition coefficient (Wildman–Crippen LogP) is 1.53. The molecule has 0 aromatic carbocycles. The first kappa shape index (κ1) is 13.1. The number of carbonyl (C=O) groups is 1. The summed E-state index contributed by atoms with van der Waals surface area (Å²) in [5.41, 5.74) is 0.365. The second kappa shape index (κ2) is 5.56. The Kier molecular flexibility index (Phi) is 4.06. The Morgan fingerprint density at radius 3 is 2.67 bits per heavy atom. The van der Waals surface area contributed by atoms with Gasteiger partial charge in [-0.1, -0.05) is 6.42 Å². The zero-order chi connectivity index (χ0) is 13.0. The van der Waals surface area contributed by atoms with Crippen LogP contribution in [0.5, 0.6) is 0 Å². The second-order valence-electron chi connectivity index (χ2n) is 4.48. The number of hydrogen-bond donors (Lipinski definition) is 2. The third-order valence-corrected chi connectivity index (χ3v) is 4.84. The minimum absolute atomic E-state index is 0.148. The number of thioether (sulfide) groups is 1. The molecule has 1 heterocycles. The van der Waals surface area contributed by atoms with Crippen molar-refractivity contribution in [3.63, 3.8) is 0 Å². The fraction of sp³-hybridized carbons (Fsp3) is 0.583. The van der Waals surface area contributed by atoms with E-state index in [1.165, 1.54) is 19.3 Å². The van der Waals surface area contributed by atoms with Crippen LogP contribution in [0.2, 0.25) is 0 Å². The van der Waals surface area contributed by atoms with Gasteiger partial charge in [-0.25, -0.2) is 0 Å². The van der Waals surface area contributed by atoms with Gasteiger partial charge < -0.3 is 10.6 Å². The van der Waals surface area contributed by atoms with Crippen LogP contribution in [-0.2, 0) is 0 Å². The summed E-state index contributed by atoms with van der Waals surface area (Å²) >= 11 is 1.84. The molecule has 1 saturated carbocycles. The second-order valence-corrected chi connectivity index (χ2v) is 5.75. The number of rotatable bonds is 5. The third-order valence-electron chi connectivity index (χ3n) is 3.42. The molecule has 2 rings (SSSR count). The Morgan fingerprint density at radius 1 is 1.44 bits per heavy atom. The number of hydrogen-bond acceptors (Lipinski definition) is 5. The molecule has 98 valence electrons. The van der Waals surface area contributed by atoms with Crippen molar-refractivity contribution < 1.29 is 4.79 Å². The fourth-order valence-electron chi connectivity index (χ4n) is 1.94. The van der Waals surface area contributed by atoms with Crippen LogP contribution in [0.3, 0.4) is 0 Å². The molecule has 18 heavy (non-hydrogen) atoms. The van der Waals surface area contributed by atoms with E-state index in [0.29, 0.717) is 18.1 Å². The van der Waals surface area contributed by atoms with Gasteiger partial charge in [0.2, 0.25) is 0 Å². The smallest absolute Gasteiger partial charge is 0.271 e. The van der Waals surface area contributed by atoms with Gasteiger partial charge in [0, 0.05) is 18.3 Å². The molecule has 2 N–H and O–H groups in total. The maximum absolute atomic E-state index is 11.9. The van der Waals surface area contributed by atoms with E-state index in [-0.39, 0.29) is 10.7 Å². The number of anilines is 1. The maximum Gasteiger partial charge on any atom is 0.271 e. The zero-order valence-electron chi connectivity index (χ0n) is 10.7. The molecule has 0 bridgehead atoms. The van der Waals surface area contributed by atoms with Crippen LogP contribution in [0.1, 0.15) is 29.8 Å². The van der Waals surface area contributed by atoms with Crippen molar-refractivity contribution in [2.24, 2.45) is 0 Å². The highest BCUT2D eigenvalue weighted by Crippen LogP contribution is 2.42. The first-order valence-electron chi connectivity index (χ1n) is 6.04. The standard InChI is InChI=1S/C12H18N4OS/c1-13-10-5-4-9(15-16-10)11(17)14-8-12(18-2)6-3-7-12/h4-5H,3,6-8H2,1-2H3,(H,13,16)(H,14,17). The van der Waals surface area contributed by atoms with Crippen molar-refractivity contribution in [1.29, 1.82) is 0 Å². The van der Waals surface area contributed by atoms with Crippen LogP contribution in [-0.4, -0.2) is 40.7 Å².